The molecule has 2 heterocycles. The normalized spacial score (nSPS) is 22.3. The molecule has 2 aliphatic heterocycles. The number of alkyl halides is 3. The highest BCUT2D eigenvalue weighted by Gasteiger charge is 2.34. The van der Waals surface area contributed by atoms with Crippen molar-refractivity contribution in [2.45, 2.75) is 37.8 Å². The third-order valence-corrected chi connectivity index (χ3v) is 5.46. The molecule has 0 bridgehead atoms. The lowest BCUT2D eigenvalue weighted by Gasteiger charge is -2.36. The predicted octanol–water partition coefficient (Wildman–Crippen LogP) is 3.56. The average Bonchev–Trinajstić information content (AvgIpc) is 2.67. The summed E-state index contributed by atoms with van der Waals surface area (Å²) in [5.74, 6) is -0.174. The highest BCUT2D eigenvalue weighted by Crippen LogP contribution is 2.39. The van der Waals surface area contributed by atoms with Crippen molar-refractivity contribution < 1.29 is 22.7 Å². The maximum atomic E-state index is 13.2. The first-order chi connectivity index (χ1) is 12.4. The van der Waals surface area contributed by atoms with E-state index in [1.165, 1.54) is 19.2 Å². The molecule has 1 atom stereocenters. The van der Waals surface area contributed by atoms with Gasteiger partial charge in [0.25, 0.3) is 0 Å². The van der Waals surface area contributed by atoms with Crippen molar-refractivity contribution >= 4 is 11.7 Å². The van der Waals surface area contributed by atoms with E-state index in [9.17, 15) is 18.0 Å². The van der Waals surface area contributed by atoms with E-state index in [1.54, 1.807) is 6.07 Å². The third-order valence-electron chi connectivity index (χ3n) is 5.46. The maximum absolute atomic E-state index is 13.2. The van der Waals surface area contributed by atoms with Gasteiger partial charge in [0.15, 0.2) is 0 Å². The Kier molecular flexibility index (Phi) is 5.75. The summed E-state index contributed by atoms with van der Waals surface area (Å²) >= 11 is 0. The number of rotatable bonds is 3. The van der Waals surface area contributed by atoms with E-state index < -0.39 is 11.7 Å². The van der Waals surface area contributed by atoms with Crippen LogP contribution in [0.3, 0.4) is 0 Å². The minimum absolute atomic E-state index is 0.165. The van der Waals surface area contributed by atoms with Gasteiger partial charge in [0.1, 0.15) is 0 Å². The third kappa shape index (κ3) is 4.14. The van der Waals surface area contributed by atoms with Crippen molar-refractivity contribution in [2.75, 3.05) is 38.2 Å². The fourth-order valence-electron chi connectivity index (χ4n) is 3.98. The van der Waals surface area contributed by atoms with E-state index in [0.717, 1.165) is 31.5 Å². The molecule has 0 amide bonds. The maximum Gasteiger partial charge on any atom is 0.416 e. The molecule has 0 aliphatic carbocycles. The average molecular weight is 370 g/mol. The van der Waals surface area contributed by atoms with Crippen LogP contribution in [-0.4, -0.2) is 39.3 Å². The van der Waals surface area contributed by atoms with Crippen molar-refractivity contribution in [1.29, 1.82) is 0 Å². The first kappa shape index (κ1) is 19.0. The van der Waals surface area contributed by atoms with Crippen LogP contribution in [-0.2, 0) is 15.7 Å². The van der Waals surface area contributed by atoms with E-state index in [0.29, 0.717) is 31.6 Å². The second-order valence-corrected chi connectivity index (χ2v) is 7.10. The Morgan fingerprint density at radius 2 is 1.96 bits per heavy atom. The van der Waals surface area contributed by atoms with Gasteiger partial charge in [0, 0.05) is 25.3 Å². The van der Waals surface area contributed by atoms with Crippen LogP contribution in [0.5, 0.6) is 0 Å². The summed E-state index contributed by atoms with van der Waals surface area (Å²) in [5, 5.41) is 3.34. The molecular weight excluding hydrogens is 345 g/mol. The van der Waals surface area contributed by atoms with Crippen LogP contribution < -0.4 is 10.2 Å². The van der Waals surface area contributed by atoms with Gasteiger partial charge in [-0.2, -0.15) is 13.2 Å². The molecule has 1 aromatic rings. The largest absolute Gasteiger partial charge is 0.469 e. The lowest BCUT2D eigenvalue weighted by Crippen LogP contribution is -2.38. The zero-order valence-electron chi connectivity index (χ0n) is 14.9. The van der Waals surface area contributed by atoms with Crippen molar-refractivity contribution in [1.82, 2.24) is 5.32 Å². The van der Waals surface area contributed by atoms with E-state index in [1.807, 2.05) is 4.90 Å². The van der Waals surface area contributed by atoms with Crippen LogP contribution in [0.15, 0.2) is 18.2 Å². The Balaban J connectivity index is 1.86. The first-order valence-electron chi connectivity index (χ1n) is 9.14. The monoisotopic (exact) mass is 370 g/mol. The lowest BCUT2D eigenvalue weighted by atomic mass is 9.88. The SMILES string of the molecule is COC(=O)C1CCN(c2cc(C(F)(F)F)ccc2C2CCCNC2)CC1. The number of nitrogens with zero attached hydrogens (tertiary/aromatic N) is 1. The zero-order chi connectivity index (χ0) is 18.7. The molecule has 7 heteroatoms. The van der Waals surface area contributed by atoms with E-state index >= 15 is 0 Å². The zero-order valence-corrected chi connectivity index (χ0v) is 14.9. The summed E-state index contributed by atoms with van der Waals surface area (Å²) in [4.78, 5) is 13.7. The van der Waals surface area contributed by atoms with Crippen molar-refractivity contribution in [3.63, 3.8) is 0 Å². The number of hydrogen-bond acceptors (Lipinski definition) is 4. The molecule has 26 heavy (non-hydrogen) atoms. The minimum Gasteiger partial charge on any atom is -0.469 e. The molecule has 3 rings (SSSR count). The summed E-state index contributed by atoms with van der Waals surface area (Å²) in [6.45, 7) is 2.87. The number of anilines is 1. The molecule has 0 aromatic heterocycles. The number of methoxy groups -OCH3 is 1. The molecule has 0 spiro atoms. The molecular formula is C19H25F3N2O2. The van der Waals surface area contributed by atoms with Crippen LogP contribution in [0.2, 0.25) is 0 Å². The Hall–Kier alpha value is -1.76. The van der Waals surface area contributed by atoms with Gasteiger partial charge in [-0.3, -0.25) is 4.79 Å². The highest BCUT2D eigenvalue weighted by atomic mass is 19.4. The molecule has 1 N–H and O–H groups in total. The molecule has 0 saturated carbocycles. The second-order valence-electron chi connectivity index (χ2n) is 7.10. The topological polar surface area (TPSA) is 41.6 Å². The van der Waals surface area contributed by atoms with Crippen LogP contribution in [0.1, 0.15) is 42.7 Å². The lowest BCUT2D eigenvalue weighted by molar-refractivity contribution is -0.146. The smallest absolute Gasteiger partial charge is 0.416 e. The number of hydrogen-bond donors (Lipinski definition) is 1. The van der Waals surface area contributed by atoms with Crippen molar-refractivity contribution in [3.05, 3.63) is 29.3 Å². The van der Waals surface area contributed by atoms with Crippen molar-refractivity contribution in [2.24, 2.45) is 5.92 Å². The number of carbonyl (C=O) groups is 1. The van der Waals surface area contributed by atoms with Crippen molar-refractivity contribution in [3.8, 4) is 0 Å². The molecule has 0 radical (unpaired) electrons. The molecule has 1 aromatic carbocycles. The summed E-state index contributed by atoms with van der Waals surface area (Å²) in [5.41, 5.74) is 1.02. The second kappa shape index (κ2) is 7.86. The van der Waals surface area contributed by atoms with E-state index in [2.05, 4.69) is 5.32 Å². The standard InChI is InChI=1S/C19H25F3N2O2/c1-26-18(25)13-6-9-24(10-7-13)17-11-15(19(20,21)22)4-5-16(17)14-3-2-8-23-12-14/h4-5,11,13-14,23H,2-3,6-10,12H2,1H3. The molecule has 1 unspecified atom stereocenters. The number of halogens is 3. The number of nitrogens with one attached hydrogen (secondary N) is 1. The number of carbonyl (C=O) groups excluding carboxylic acids is 1. The quantitative estimate of drug-likeness (QED) is 0.826. The van der Waals surface area contributed by atoms with Gasteiger partial charge in [0.2, 0.25) is 0 Å². The molecule has 2 fully saturated rings. The van der Waals surface area contributed by atoms with Crippen LogP contribution in [0.4, 0.5) is 18.9 Å². The molecule has 144 valence electrons. The fourth-order valence-corrected chi connectivity index (χ4v) is 3.98. The predicted molar refractivity (Wildman–Crippen MR) is 93.2 cm³/mol. The van der Waals surface area contributed by atoms with Gasteiger partial charge in [-0.25, -0.2) is 0 Å². The molecule has 4 nitrogen and oxygen atoms in total. The van der Waals surface area contributed by atoms with Crippen LogP contribution in [0, 0.1) is 5.92 Å². The number of esters is 1. The van der Waals surface area contributed by atoms with E-state index in [4.69, 9.17) is 4.74 Å². The van der Waals surface area contributed by atoms with Gasteiger partial charge < -0.3 is 15.0 Å². The Morgan fingerprint density at radius 3 is 2.54 bits per heavy atom. The Bertz CT molecular complexity index is 634. The summed E-state index contributed by atoms with van der Waals surface area (Å²) < 4.78 is 44.5. The van der Waals surface area contributed by atoms with E-state index in [-0.39, 0.29) is 17.8 Å². The minimum atomic E-state index is -4.36. The van der Waals surface area contributed by atoms with Crippen LogP contribution >= 0.6 is 0 Å². The number of piperidine rings is 2. The fraction of sp³-hybridized carbons (Fsp3) is 0.632. The van der Waals surface area contributed by atoms with Crippen LogP contribution in [0.25, 0.3) is 0 Å². The van der Waals surface area contributed by atoms with Gasteiger partial charge in [-0.15, -0.1) is 0 Å². The first-order valence-corrected chi connectivity index (χ1v) is 9.14. The van der Waals surface area contributed by atoms with Gasteiger partial charge in [-0.05, 0) is 55.8 Å². The summed E-state index contributed by atoms with van der Waals surface area (Å²) in [6.07, 6.45) is -1.15. The summed E-state index contributed by atoms with van der Waals surface area (Å²) in [6, 6.07) is 4.11. The number of ether oxygens (including phenoxy) is 1. The van der Waals surface area contributed by atoms with Gasteiger partial charge in [-0.1, -0.05) is 6.07 Å². The molecule has 2 saturated heterocycles. The molecule has 2 aliphatic rings. The Labute approximate surface area is 151 Å². The Morgan fingerprint density at radius 1 is 1.23 bits per heavy atom. The summed E-state index contributed by atoms with van der Waals surface area (Å²) in [7, 11) is 1.37. The highest BCUT2D eigenvalue weighted by molar-refractivity contribution is 5.73. The van der Waals surface area contributed by atoms with Gasteiger partial charge in [0.05, 0.1) is 18.6 Å². The number of benzene rings is 1. The van der Waals surface area contributed by atoms with Gasteiger partial charge >= 0.3 is 12.1 Å².